The van der Waals surface area contributed by atoms with Gasteiger partial charge >= 0.3 is 5.91 Å². The average Bonchev–Trinajstić information content (AvgIpc) is 3.91. The largest absolute Gasteiger partial charge is 0.382 e. The zero-order valence-electron chi connectivity index (χ0n) is 28.4. The van der Waals surface area contributed by atoms with Crippen molar-refractivity contribution >= 4 is 44.3 Å². The summed E-state index contributed by atoms with van der Waals surface area (Å²) in [6.45, 7) is 0. The van der Waals surface area contributed by atoms with E-state index in [0.717, 1.165) is 30.5 Å². The van der Waals surface area contributed by atoms with Crippen LogP contribution in [0.4, 0.5) is 5.69 Å². The fourth-order valence-corrected chi connectivity index (χ4v) is 13.7. The predicted octanol–water partition coefficient (Wildman–Crippen LogP) is 9.33. The van der Waals surface area contributed by atoms with E-state index in [0.29, 0.717) is 35.6 Å². The molecule has 7 nitrogen and oxygen atoms in total. The lowest BCUT2D eigenvalue weighted by Gasteiger charge is -2.45. The summed E-state index contributed by atoms with van der Waals surface area (Å²) in [6.07, 6.45) is 7.21. The van der Waals surface area contributed by atoms with Crippen LogP contribution < -0.4 is 10.7 Å². The Morgan fingerprint density at radius 1 is 0.808 bits per heavy atom. The molecular weight excluding hydrogens is 643 g/mol. The Hall–Kier alpha value is -5.43. The lowest BCUT2D eigenvalue weighted by Crippen LogP contribution is -2.36. The number of anilines is 1. The lowest BCUT2D eigenvalue weighted by atomic mass is 9.59. The monoisotopic (exact) mass is 675 g/mol. The van der Waals surface area contributed by atoms with E-state index in [1.807, 2.05) is 12.1 Å². The van der Waals surface area contributed by atoms with Crippen molar-refractivity contribution in [2.24, 2.45) is 22.2 Å². The van der Waals surface area contributed by atoms with Gasteiger partial charge in [0.1, 0.15) is 6.04 Å². The number of rotatable bonds is 7. The fourth-order valence-electron chi connectivity index (χ4n) is 13.7. The summed E-state index contributed by atoms with van der Waals surface area (Å²) in [7, 11) is 0. The topological polar surface area (TPSA) is 107 Å². The van der Waals surface area contributed by atoms with Crippen LogP contribution in [0.15, 0.2) is 76.1 Å². The average molecular weight is 676 g/mol. The first-order valence-electron chi connectivity index (χ1n) is 19.2. The molecule has 250 valence electrons. The van der Waals surface area contributed by atoms with Crippen molar-refractivity contribution in [2.45, 2.75) is 74.8 Å². The molecule has 0 heterocycles. The molecule has 1 saturated carbocycles. The quantitative estimate of drug-likeness (QED) is 0.0679. The number of nitrogens with zero attached hydrogens (tertiary/aromatic N) is 2. The Morgan fingerprint density at radius 3 is 2.38 bits per heavy atom. The fraction of sp³-hybridized carbons (Fsp3) is 0.311. The number of carbonyl (C=O) groups excluding carboxylic acids is 1. The highest BCUT2D eigenvalue weighted by molar-refractivity contribution is 6.22. The second-order valence-electron chi connectivity index (χ2n) is 17.2. The van der Waals surface area contributed by atoms with Crippen LogP contribution in [-0.4, -0.2) is 18.0 Å². The molecule has 0 aromatic heterocycles. The van der Waals surface area contributed by atoms with Gasteiger partial charge in [0.2, 0.25) is 0 Å². The van der Waals surface area contributed by atoms with Crippen molar-refractivity contribution < 1.29 is 4.79 Å². The van der Waals surface area contributed by atoms with Crippen LogP contribution >= 0.6 is 0 Å². The Kier molecular flexibility index (Phi) is 4.60. The number of carbonyl (C=O) groups is 1. The molecule has 1 amide bonds. The van der Waals surface area contributed by atoms with Gasteiger partial charge in [0.15, 0.2) is 0 Å². The molecule has 0 saturated heterocycles. The minimum Gasteiger partial charge on any atom is -0.382 e. The molecule has 1 fully saturated rings. The summed E-state index contributed by atoms with van der Waals surface area (Å²) in [6, 6.07) is 20.3. The van der Waals surface area contributed by atoms with Crippen LogP contribution in [0.1, 0.15) is 99.1 Å². The van der Waals surface area contributed by atoms with Crippen LogP contribution in [-0.2, 0) is 24.1 Å². The Balaban J connectivity index is 0.896. The number of nitrogens with one attached hydrogen (secondary N) is 3. The van der Waals surface area contributed by atoms with E-state index in [1.54, 1.807) is 94.3 Å². The van der Waals surface area contributed by atoms with Gasteiger partial charge in [-0.05, 0) is 173 Å². The second kappa shape index (κ2) is 8.77. The van der Waals surface area contributed by atoms with Gasteiger partial charge in [0.25, 0.3) is 0 Å². The number of nitroso groups, excluding NO2 is 1. The van der Waals surface area contributed by atoms with Crippen molar-refractivity contribution in [3.8, 4) is 11.1 Å². The van der Waals surface area contributed by atoms with Gasteiger partial charge in [-0.25, -0.2) is 0 Å². The third kappa shape index (κ3) is 2.87. The number of fused-ring (bicyclic) bond motifs is 3. The van der Waals surface area contributed by atoms with Crippen molar-refractivity contribution in [3.05, 3.63) is 126 Å². The molecule has 0 aliphatic heterocycles. The first-order chi connectivity index (χ1) is 25.6. The van der Waals surface area contributed by atoms with E-state index in [2.05, 4.69) is 63.6 Å². The van der Waals surface area contributed by atoms with E-state index in [4.69, 9.17) is 5.53 Å². The third-order valence-electron chi connectivity index (χ3n) is 15.1. The molecule has 9 aliphatic carbocycles. The minimum absolute atomic E-state index is 0.253. The smallest absolute Gasteiger partial charge is 0.310 e. The van der Waals surface area contributed by atoms with Gasteiger partial charge in [0.05, 0.1) is 0 Å². The van der Waals surface area contributed by atoms with Crippen LogP contribution in [0.5, 0.6) is 0 Å². The van der Waals surface area contributed by atoms with Gasteiger partial charge in [-0.2, -0.15) is 5.53 Å². The first kappa shape index (κ1) is 27.3. The molecule has 3 N–H and O–H groups in total. The lowest BCUT2D eigenvalue weighted by molar-refractivity contribution is -0.120. The molecule has 7 atom stereocenters. The molecule has 9 aliphatic rings. The summed E-state index contributed by atoms with van der Waals surface area (Å²) < 4.78 is 0. The summed E-state index contributed by atoms with van der Waals surface area (Å²) in [5, 5.41) is 15.7. The van der Waals surface area contributed by atoms with Gasteiger partial charge in [-0.1, -0.05) is 53.3 Å². The summed E-state index contributed by atoms with van der Waals surface area (Å²) in [5.41, 5.74) is 36.7. The molecule has 7 unspecified atom stereocenters. The Labute approximate surface area is 299 Å². The number of hydrogen-bond acceptors (Lipinski definition) is 5. The van der Waals surface area contributed by atoms with Crippen molar-refractivity contribution in [2.75, 3.05) is 5.32 Å². The highest BCUT2D eigenvalue weighted by Crippen LogP contribution is 2.77. The number of allylic oxidation sites excluding steroid dienone is 4. The second-order valence-corrected chi connectivity index (χ2v) is 17.2. The molecule has 5 aromatic rings. The predicted molar refractivity (Wildman–Crippen MR) is 200 cm³/mol. The molecule has 52 heavy (non-hydrogen) atoms. The summed E-state index contributed by atoms with van der Waals surface area (Å²) >= 11 is 0. The molecule has 0 bridgehead atoms. The Bertz CT molecular complexity index is 2770. The van der Waals surface area contributed by atoms with Crippen LogP contribution in [0, 0.1) is 22.3 Å². The number of benzene rings is 5. The van der Waals surface area contributed by atoms with Gasteiger partial charge in [-0.15, -0.1) is 4.91 Å². The zero-order chi connectivity index (χ0) is 33.9. The van der Waals surface area contributed by atoms with E-state index in [1.165, 1.54) is 30.0 Å². The normalized spacial score (nSPS) is 27.6. The molecule has 0 spiro atoms. The van der Waals surface area contributed by atoms with Gasteiger partial charge < -0.3 is 5.32 Å². The number of amides is 1. The number of hydrogen-bond donors (Lipinski definition) is 3. The maximum Gasteiger partial charge on any atom is 0.310 e. The third-order valence-corrected chi connectivity index (χ3v) is 15.1. The first-order valence-corrected chi connectivity index (χ1v) is 19.2. The Morgan fingerprint density at radius 2 is 1.58 bits per heavy atom. The maximum atomic E-state index is 11.9. The molecule has 14 rings (SSSR count). The summed E-state index contributed by atoms with van der Waals surface area (Å²) in [5.74, 6) is 1.85. The standard InChI is InChI=1S/C45H33N5O2/c46-50-48-30(45(51)49-52)9-17-1-5-24(6-2-17)47-25-7-8-26-27(16-25)29-15-23-13-21-11-19-4-3-18-10-20-12-22-14-28(26)37-38(29)42-36(23)34(21)40-32(19)31(18)39-33(20)35(22)41(37)44(42)43(39)40/h1-6,10-11,14,23,25-27,30,43-44,47H,7-9,12-13,15-16H2,(H2,46,48). The SMILES string of the molecule is N=NNC(Cc1ccc(NC2CCC3c4cc5c6c7c4C4=C(CC8Cc9cc%10ccc%11cc(c-6c6c%11c%10c%10c9C8=C4C7C%106)C5)C3C2)cc1)C(=O)N=O. The van der Waals surface area contributed by atoms with Crippen molar-refractivity contribution in [3.63, 3.8) is 0 Å². The maximum absolute atomic E-state index is 11.9. The zero-order valence-corrected chi connectivity index (χ0v) is 28.4. The molecule has 0 radical (unpaired) electrons. The van der Waals surface area contributed by atoms with E-state index in [9.17, 15) is 9.70 Å². The van der Waals surface area contributed by atoms with Crippen LogP contribution in [0.2, 0.25) is 0 Å². The molecular formula is C45H33N5O2. The highest BCUT2D eigenvalue weighted by atomic mass is 16.3. The van der Waals surface area contributed by atoms with E-state index in [-0.39, 0.29) is 6.42 Å². The summed E-state index contributed by atoms with van der Waals surface area (Å²) in [4.78, 5) is 22.8. The van der Waals surface area contributed by atoms with Crippen molar-refractivity contribution in [1.29, 1.82) is 5.53 Å². The van der Waals surface area contributed by atoms with Gasteiger partial charge in [0, 0.05) is 35.2 Å². The van der Waals surface area contributed by atoms with Crippen LogP contribution in [0.3, 0.4) is 0 Å². The molecule has 7 heteroatoms. The minimum atomic E-state index is -0.925. The molecule has 5 aromatic carbocycles. The van der Waals surface area contributed by atoms with E-state index < -0.39 is 11.9 Å². The van der Waals surface area contributed by atoms with E-state index >= 15 is 0 Å². The highest BCUT2D eigenvalue weighted by Gasteiger charge is 2.60. The van der Waals surface area contributed by atoms with Gasteiger partial charge in [-0.3, -0.25) is 10.2 Å². The van der Waals surface area contributed by atoms with Crippen LogP contribution in [0.25, 0.3) is 43.8 Å². The van der Waals surface area contributed by atoms with Crippen molar-refractivity contribution in [1.82, 2.24) is 5.43 Å².